The molecule has 0 saturated heterocycles. The summed E-state index contributed by atoms with van der Waals surface area (Å²) in [4.78, 5) is 23.8. The maximum atomic E-state index is 11.3. The molecule has 0 N–H and O–H groups in total. The van der Waals surface area contributed by atoms with E-state index in [1.54, 1.807) is 7.11 Å². The molecule has 0 aromatic rings. The normalized spacial score (nSPS) is 19.8. The molecule has 0 spiro atoms. The molecule has 2 amide bonds. The van der Waals surface area contributed by atoms with Crippen LogP contribution in [-0.2, 0) is 14.3 Å². The Hall–Kier alpha value is -1.16. The van der Waals surface area contributed by atoms with E-state index in [1.807, 2.05) is 13.8 Å². The molecule has 0 radical (unpaired) electrons. The molecule has 1 rings (SSSR count). The molecule has 0 aliphatic carbocycles. The largest absolute Gasteiger partial charge is 0.378 e. The first-order chi connectivity index (χ1) is 7.02. The first-order valence-corrected chi connectivity index (χ1v) is 5.11. The van der Waals surface area contributed by atoms with Gasteiger partial charge in [0.1, 0.15) is 0 Å². The topological polar surface area (TPSA) is 46.6 Å². The number of hydrogen-bond donors (Lipinski definition) is 0. The Labute approximate surface area is 89.9 Å². The van der Waals surface area contributed by atoms with Crippen LogP contribution in [0.15, 0.2) is 12.2 Å². The highest BCUT2D eigenvalue weighted by atomic mass is 16.5. The van der Waals surface area contributed by atoms with Crippen molar-refractivity contribution in [3.8, 4) is 0 Å². The Morgan fingerprint density at radius 1 is 1.33 bits per heavy atom. The molecule has 1 heterocycles. The number of nitrogens with zero attached hydrogens (tertiary/aromatic N) is 1. The number of ether oxygens (including phenoxy) is 1. The van der Waals surface area contributed by atoms with E-state index < -0.39 is 0 Å². The van der Waals surface area contributed by atoms with Crippen molar-refractivity contribution >= 4 is 11.8 Å². The SMILES string of the molecule is CCC(C)(CCN1C(=O)C=CC1=O)OC. The minimum absolute atomic E-state index is 0.227. The number of hydrogen-bond acceptors (Lipinski definition) is 3. The third-order valence-electron chi connectivity index (χ3n) is 3.01. The van der Waals surface area contributed by atoms with Crippen molar-refractivity contribution in [2.75, 3.05) is 13.7 Å². The number of methoxy groups -OCH3 is 1. The van der Waals surface area contributed by atoms with Gasteiger partial charge in [0, 0.05) is 25.8 Å². The molecule has 84 valence electrons. The lowest BCUT2D eigenvalue weighted by Gasteiger charge is -2.28. The van der Waals surface area contributed by atoms with E-state index in [2.05, 4.69) is 0 Å². The lowest BCUT2D eigenvalue weighted by molar-refractivity contribution is -0.137. The summed E-state index contributed by atoms with van der Waals surface area (Å²) in [5, 5.41) is 0. The first-order valence-electron chi connectivity index (χ1n) is 5.11. The van der Waals surface area contributed by atoms with Crippen LogP contribution in [0.5, 0.6) is 0 Å². The summed E-state index contributed by atoms with van der Waals surface area (Å²) in [6.45, 7) is 4.42. The van der Waals surface area contributed by atoms with E-state index in [1.165, 1.54) is 17.1 Å². The third kappa shape index (κ3) is 2.65. The van der Waals surface area contributed by atoms with Crippen molar-refractivity contribution in [3.05, 3.63) is 12.2 Å². The average molecular weight is 211 g/mol. The highest BCUT2D eigenvalue weighted by molar-refractivity contribution is 6.12. The fourth-order valence-corrected chi connectivity index (χ4v) is 1.42. The van der Waals surface area contributed by atoms with E-state index in [4.69, 9.17) is 4.74 Å². The van der Waals surface area contributed by atoms with Gasteiger partial charge in [-0.1, -0.05) is 6.92 Å². The van der Waals surface area contributed by atoms with Crippen molar-refractivity contribution in [1.82, 2.24) is 4.90 Å². The summed E-state index contributed by atoms with van der Waals surface area (Å²) in [7, 11) is 1.65. The highest BCUT2D eigenvalue weighted by Gasteiger charge is 2.27. The highest BCUT2D eigenvalue weighted by Crippen LogP contribution is 2.20. The number of carbonyl (C=O) groups is 2. The lowest BCUT2D eigenvalue weighted by atomic mass is 9.98. The summed E-state index contributed by atoms with van der Waals surface area (Å²) in [5.41, 5.74) is -0.261. The minimum Gasteiger partial charge on any atom is -0.378 e. The molecule has 1 atom stereocenters. The smallest absolute Gasteiger partial charge is 0.253 e. The van der Waals surface area contributed by atoms with Gasteiger partial charge in [-0.25, -0.2) is 0 Å². The standard InChI is InChI=1S/C11H17NO3/c1-4-11(2,15-3)7-8-12-9(13)5-6-10(12)14/h5-6H,4,7-8H2,1-3H3. The van der Waals surface area contributed by atoms with Crippen molar-refractivity contribution in [2.45, 2.75) is 32.3 Å². The van der Waals surface area contributed by atoms with Crippen LogP contribution in [0.1, 0.15) is 26.7 Å². The summed E-state index contributed by atoms with van der Waals surface area (Å²) < 4.78 is 5.35. The minimum atomic E-state index is -0.261. The second-order valence-electron chi connectivity index (χ2n) is 3.92. The van der Waals surface area contributed by atoms with Crippen molar-refractivity contribution < 1.29 is 14.3 Å². The van der Waals surface area contributed by atoms with Crippen LogP contribution in [0.2, 0.25) is 0 Å². The Morgan fingerprint density at radius 2 is 1.87 bits per heavy atom. The predicted octanol–water partition coefficient (Wildman–Crippen LogP) is 1.12. The van der Waals surface area contributed by atoms with Crippen LogP contribution in [0.3, 0.4) is 0 Å². The van der Waals surface area contributed by atoms with E-state index in [-0.39, 0.29) is 17.4 Å². The second-order valence-corrected chi connectivity index (χ2v) is 3.92. The molecule has 1 aliphatic rings. The Balaban J connectivity index is 2.50. The van der Waals surface area contributed by atoms with Gasteiger partial charge in [0.25, 0.3) is 11.8 Å². The molecule has 1 unspecified atom stereocenters. The molecule has 4 heteroatoms. The zero-order chi connectivity index (χ0) is 11.5. The number of rotatable bonds is 5. The lowest BCUT2D eigenvalue weighted by Crippen LogP contribution is -2.37. The van der Waals surface area contributed by atoms with E-state index in [9.17, 15) is 9.59 Å². The van der Waals surface area contributed by atoms with Crippen molar-refractivity contribution in [1.29, 1.82) is 0 Å². The van der Waals surface area contributed by atoms with Gasteiger partial charge in [-0.3, -0.25) is 14.5 Å². The molecule has 0 aromatic heterocycles. The van der Waals surface area contributed by atoms with Gasteiger partial charge in [-0.05, 0) is 19.8 Å². The molecule has 0 bridgehead atoms. The molecule has 1 aliphatic heterocycles. The van der Waals surface area contributed by atoms with Crippen LogP contribution in [-0.4, -0.2) is 36.0 Å². The average Bonchev–Trinajstić information content (AvgIpc) is 2.56. The Kier molecular flexibility index (Phi) is 3.63. The van der Waals surface area contributed by atoms with Crippen LogP contribution in [0.4, 0.5) is 0 Å². The quantitative estimate of drug-likeness (QED) is 0.640. The van der Waals surface area contributed by atoms with Gasteiger partial charge in [0.15, 0.2) is 0 Å². The van der Waals surface area contributed by atoms with Crippen molar-refractivity contribution in [3.63, 3.8) is 0 Å². The molecular formula is C11H17NO3. The number of amides is 2. The van der Waals surface area contributed by atoms with E-state index in [0.717, 1.165) is 6.42 Å². The molecular weight excluding hydrogens is 194 g/mol. The number of carbonyl (C=O) groups excluding carboxylic acids is 2. The summed E-state index contributed by atoms with van der Waals surface area (Å²) >= 11 is 0. The van der Waals surface area contributed by atoms with Crippen molar-refractivity contribution in [2.24, 2.45) is 0 Å². The van der Waals surface area contributed by atoms with Gasteiger partial charge in [0.05, 0.1) is 5.60 Å². The van der Waals surface area contributed by atoms with Crippen LogP contribution < -0.4 is 0 Å². The molecule has 0 aromatic carbocycles. The zero-order valence-corrected chi connectivity index (χ0v) is 9.45. The Bertz CT molecular complexity index is 274. The molecule has 15 heavy (non-hydrogen) atoms. The summed E-state index contributed by atoms with van der Waals surface area (Å²) in [6, 6.07) is 0. The number of imide groups is 1. The van der Waals surface area contributed by atoms with Crippen LogP contribution in [0.25, 0.3) is 0 Å². The van der Waals surface area contributed by atoms with Gasteiger partial charge < -0.3 is 4.74 Å². The van der Waals surface area contributed by atoms with E-state index >= 15 is 0 Å². The fraction of sp³-hybridized carbons (Fsp3) is 0.636. The summed E-state index contributed by atoms with van der Waals surface area (Å²) in [5.74, 6) is -0.455. The fourth-order valence-electron chi connectivity index (χ4n) is 1.42. The van der Waals surface area contributed by atoms with Gasteiger partial charge in [0.2, 0.25) is 0 Å². The van der Waals surface area contributed by atoms with Gasteiger partial charge in [-0.2, -0.15) is 0 Å². The maximum Gasteiger partial charge on any atom is 0.253 e. The second kappa shape index (κ2) is 4.57. The monoisotopic (exact) mass is 211 g/mol. The first kappa shape index (κ1) is 11.9. The zero-order valence-electron chi connectivity index (χ0n) is 9.45. The predicted molar refractivity (Wildman–Crippen MR) is 56.2 cm³/mol. The Morgan fingerprint density at radius 3 is 2.27 bits per heavy atom. The molecule has 0 fully saturated rings. The summed E-state index contributed by atoms with van der Waals surface area (Å²) in [6.07, 6.45) is 4.13. The van der Waals surface area contributed by atoms with E-state index in [0.29, 0.717) is 13.0 Å². The third-order valence-corrected chi connectivity index (χ3v) is 3.01. The van der Waals surface area contributed by atoms with Gasteiger partial charge in [-0.15, -0.1) is 0 Å². The maximum absolute atomic E-state index is 11.3. The van der Waals surface area contributed by atoms with Gasteiger partial charge >= 0.3 is 0 Å². The van der Waals surface area contributed by atoms with Crippen LogP contribution in [0, 0.1) is 0 Å². The van der Waals surface area contributed by atoms with Crippen LogP contribution >= 0.6 is 0 Å². The molecule has 0 saturated carbocycles. The molecule has 4 nitrogen and oxygen atoms in total.